The van der Waals surface area contributed by atoms with Crippen molar-refractivity contribution >= 4 is 17.4 Å². The topological polar surface area (TPSA) is 85.3 Å². The minimum Gasteiger partial charge on any atom is -0.507 e. The molecular weight excluding hydrogens is 446 g/mol. The third-order valence-electron chi connectivity index (χ3n) is 6.54. The van der Waals surface area contributed by atoms with Gasteiger partial charge in [0.1, 0.15) is 17.3 Å². The zero-order chi connectivity index (χ0) is 24.8. The number of carbonyl (C=O) groups excluding carboxylic acids is 2. The summed E-state index contributed by atoms with van der Waals surface area (Å²) in [5.74, 6) is -0.154. The summed E-state index contributed by atoms with van der Waals surface area (Å²) in [6.07, 6.45) is 4.84. The van der Waals surface area contributed by atoms with Gasteiger partial charge in [-0.25, -0.2) is 0 Å². The summed E-state index contributed by atoms with van der Waals surface area (Å²) >= 11 is 0. The van der Waals surface area contributed by atoms with Gasteiger partial charge in [0.15, 0.2) is 0 Å². The van der Waals surface area contributed by atoms with E-state index < -0.39 is 17.7 Å². The molecule has 7 heteroatoms. The molecule has 0 saturated carbocycles. The zero-order valence-corrected chi connectivity index (χ0v) is 20.4. The Bertz CT molecular complexity index is 1050. The summed E-state index contributed by atoms with van der Waals surface area (Å²) in [5.41, 5.74) is 1.26. The fourth-order valence-corrected chi connectivity index (χ4v) is 4.62. The largest absolute Gasteiger partial charge is 0.507 e. The predicted octanol–water partition coefficient (Wildman–Crippen LogP) is 4.86. The number of hydrogen-bond acceptors (Lipinski definition) is 6. The van der Waals surface area contributed by atoms with Gasteiger partial charge in [-0.3, -0.25) is 9.59 Å². The molecule has 2 aromatic carbocycles. The van der Waals surface area contributed by atoms with E-state index in [4.69, 9.17) is 14.2 Å². The van der Waals surface area contributed by atoms with Crippen LogP contribution in [0, 0.1) is 0 Å². The van der Waals surface area contributed by atoms with E-state index in [1.54, 1.807) is 43.5 Å². The highest BCUT2D eigenvalue weighted by molar-refractivity contribution is 6.46. The minimum absolute atomic E-state index is 0.0785. The molecule has 186 valence electrons. The second-order valence-electron chi connectivity index (χ2n) is 8.94. The van der Waals surface area contributed by atoms with E-state index in [-0.39, 0.29) is 17.4 Å². The molecule has 2 aliphatic rings. The van der Waals surface area contributed by atoms with Crippen LogP contribution in [0.4, 0.5) is 0 Å². The van der Waals surface area contributed by atoms with Crippen LogP contribution in [0.5, 0.6) is 11.5 Å². The molecule has 0 spiro atoms. The van der Waals surface area contributed by atoms with Crippen molar-refractivity contribution in [1.29, 1.82) is 0 Å². The van der Waals surface area contributed by atoms with Gasteiger partial charge >= 0.3 is 0 Å². The number of methoxy groups -OCH3 is 1. The number of nitrogens with zero attached hydrogens (tertiary/aromatic N) is 1. The molecule has 1 N–H and O–H groups in total. The minimum atomic E-state index is -0.713. The molecule has 35 heavy (non-hydrogen) atoms. The Morgan fingerprint density at radius 3 is 2.40 bits per heavy atom. The van der Waals surface area contributed by atoms with E-state index in [0.29, 0.717) is 36.8 Å². The first-order valence-electron chi connectivity index (χ1n) is 12.3. The molecular formula is C28H33NO6. The Balaban J connectivity index is 1.66. The number of benzene rings is 2. The molecule has 4 rings (SSSR count). The number of hydrogen-bond donors (Lipinski definition) is 1. The zero-order valence-electron chi connectivity index (χ0n) is 20.4. The molecule has 0 aliphatic carbocycles. The average molecular weight is 480 g/mol. The van der Waals surface area contributed by atoms with Gasteiger partial charge in [0.2, 0.25) is 0 Å². The van der Waals surface area contributed by atoms with Gasteiger partial charge in [-0.15, -0.1) is 0 Å². The maximum atomic E-state index is 13.2. The van der Waals surface area contributed by atoms with Crippen LogP contribution < -0.4 is 9.47 Å². The number of unbranched alkanes of at least 4 members (excludes halogenated alkanes) is 2. The fourth-order valence-electron chi connectivity index (χ4n) is 4.62. The first kappa shape index (κ1) is 24.8. The van der Waals surface area contributed by atoms with E-state index in [1.807, 2.05) is 12.1 Å². The second kappa shape index (κ2) is 11.4. The van der Waals surface area contributed by atoms with Crippen molar-refractivity contribution in [3.63, 3.8) is 0 Å². The predicted molar refractivity (Wildman–Crippen MR) is 132 cm³/mol. The summed E-state index contributed by atoms with van der Waals surface area (Å²) in [4.78, 5) is 27.8. The lowest BCUT2D eigenvalue weighted by Crippen LogP contribution is -2.36. The molecule has 2 aliphatic heterocycles. The van der Waals surface area contributed by atoms with Crippen LogP contribution in [0.3, 0.4) is 0 Å². The van der Waals surface area contributed by atoms with E-state index in [2.05, 4.69) is 6.92 Å². The highest BCUT2D eigenvalue weighted by atomic mass is 16.5. The third kappa shape index (κ3) is 5.51. The van der Waals surface area contributed by atoms with Gasteiger partial charge in [0.05, 0.1) is 31.4 Å². The van der Waals surface area contributed by atoms with Crippen molar-refractivity contribution in [3.8, 4) is 11.5 Å². The van der Waals surface area contributed by atoms with Crippen molar-refractivity contribution in [2.24, 2.45) is 0 Å². The quantitative estimate of drug-likeness (QED) is 0.227. The van der Waals surface area contributed by atoms with Crippen LogP contribution in [0.25, 0.3) is 5.76 Å². The lowest BCUT2D eigenvalue weighted by molar-refractivity contribution is -0.140. The van der Waals surface area contributed by atoms with Gasteiger partial charge in [-0.1, -0.05) is 31.9 Å². The molecule has 0 bridgehead atoms. The summed E-state index contributed by atoms with van der Waals surface area (Å²) in [7, 11) is 1.58. The van der Waals surface area contributed by atoms with Crippen molar-refractivity contribution in [2.45, 2.75) is 51.2 Å². The average Bonchev–Trinajstić information content (AvgIpc) is 3.49. The smallest absolute Gasteiger partial charge is 0.295 e. The Labute approximate surface area is 206 Å². The number of aliphatic hydroxyl groups excluding tert-OH is 1. The second-order valence-corrected chi connectivity index (χ2v) is 8.94. The van der Waals surface area contributed by atoms with Gasteiger partial charge in [-0.2, -0.15) is 0 Å². The number of carbonyl (C=O) groups is 2. The van der Waals surface area contributed by atoms with Crippen molar-refractivity contribution in [3.05, 3.63) is 65.2 Å². The molecule has 2 heterocycles. The molecule has 7 nitrogen and oxygen atoms in total. The van der Waals surface area contributed by atoms with Crippen molar-refractivity contribution in [2.75, 3.05) is 26.9 Å². The Kier molecular flexibility index (Phi) is 8.08. The van der Waals surface area contributed by atoms with Gasteiger partial charge in [0, 0.05) is 18.7 Å². The van der Waals surface area contributed by atoms with E-state index >= 15 is 0 Å². The normalized spacial score (nSPS) is 21.5. The van der Waals surface area contributed by atoms with Crippen LogP contribution >= 0.6 is 0 Å². The number of likely N-dealkylation sites (tertiary alicyclic amines) is 1. The molecule has 1 amide bonds. The summed E-state index contributed by atoms with van der Waals surface area (Å²) < 4.78 is 16.8. The molecule has 2 aromatic rings. The standard InChI is InChI=1S/C28H33NO6/c1-3-4-5-16-34-22-14-10-20(11-15-22)26(30)24-25(19-8-12-21(33-2)13-9-19)29(28(32)27(24)31)18-23-7-6-17-35-23/h8-15,23,25,30H,3-7,16-18H2,1-2H3/b26-24-. The number of ether oxygens (including phenoxy) is 3. The lowest BCUT2D eigenvalue weighted by atomic mass is 9.95. The van der Waals surface area contributed by atoms with Gasteiger partial charge < -0.3 is 24.2 Å². The van der Waals surface area contributed by atoms with Crippen molar-refractivity contribution < 1.29 is 28.9 Å². The summed E-state index contributed by atoms with van der Waals surface area (Å²) in [5, 5.41) is 11.2. The van der Waals surface area contributed by atoms with Crippen LogP contribution in [-0.2, 0) is 14.3 Å². The van der Waals surface area contributed by atoms with Crippen LogP contribution in [0.1, 0.15) is 56.2 Å². The van der Waals surface area contributed by atoms with Gasteiger partial charge in [-0.05, 0) is 61.2 Å². The molecule has 2 fully saturated rings. The number of Topliss-reactive ketones (excluding diaryl/α,β-unsaturated/α-hetero) is 1. The maximum absolute atomic E-state index is 13.2. The first-order chi connectivity index (χ1) is 17.0. The fraction of sp³-hybridized carbons (Fsp3) is 0.429. The van der Waals surface area contributed by atoms with Crippen LogP contribution in [0.2, 0.25) is 0 Å². The van der Waals surface area contributed by atoms with Crippen LogP contribution in [-0.4, -0.2) is 54.7 Å². The van der Waals surface area contributed by atoms with E-state index in [9.17, 15) is 14.7 Å². The van der Waals surface area contributed by atoms with Crippen LogP contribution in [0.15, 0.2) is 54.1 Å². The molecule has 2 unspecified atom stereocenters. The Morgan fingerprint density at radius 2 is 1.77 bits per heavy atom. The maximum Gasteiger partial charge on any atom is 0.295 e. The number of aliphatic hydroxyl groups is 1. The third-order valence-corrected chi connectivity index (χ3v) is 6.54. The number of rotatable bonds is 10. The lowest BCUT2D eigenvalue weighted by Gasteiger charge is -2.27. The number of ketones is 1. The Morgan fingerprint density at radius 1 is 1.06 bits per heavy atom. The monoisotopic (exact) mass is 479 g/mol. The Hall–Kier alpha value is -3.32. The van der Waals surface area contributed by atoms with E-state index in [0.717, 1.165) is 37.7 Å². The van der Waals surface area contributed by atoms with E-state index in [1.165, 1.54) is 4.90 Å². The summed E-state index contributed by atoms with van der Waals surface area (Å²) in [6.45, 7) is 3.71. The number of amides is 1. The molecule has 0 radical (unpaired) electrons. The highest BCUT2D eigenvalue weighted by Crippen LogP contribution is 2.40. The van der Waals surface area contributed by atoms with Gasteiger partial charge in [0.25, 0.3) is 11.7 Å². The SMILES string of the molecule is CCCCCOc1ccc(/C(O)=C2/C(=O)C(=O)N(CC3CCCO3)C2c2ccc(OC)cc2)cc1. The summed E-state index contributed by atoms with van der Waals surface area (Å²) in [6, 6.07) is 13.5. The molecule has 0 aromatic heterocycles. The molecule has 2 atom stereocenters. The van der Waals surface area contributed by atoms with Crippen molar-refractivity contribution in [1.82, 2.24) is 4.90 Å². The first-order valence-corrected chi connectivity index (χ1v) is 12.3. The molecule has 2 saturated heterocycles. The highest BCUT2D eigenvalue weighted by Gasteiger charge is 2.47.